The van der Waals surface area contributed by atoms with E-state index in [1.165, 1.54) is 6.07 Å². The lowest BCUT2D eigenvalue weighted by molar-refractivity contribution is 0.0953. The molecule has 1 aliphatic rings. The summed E-state index contributed by atoms with van der Waals surface area (Å²) in [4.78, 5) is 12.5. The van der Waals surface area contributed by atoms with E-state index in [4.69, 9.17) is 0 Å². The summed E-state index contributed by atoms with van der Waals surface area (Å²) in [5, 5.41) is 6.03. The van der Waals surface area contributed by atoms with Crippen LogP contribution in [0.25, 0.3) is 0 Å². The number of benzene rings is 1. The summed E-state index contributed by atoms with van der Waals surface area (Å²) in [6.07, 6.45) is 2.09. The number of carbonyl (C=O) groups excluding carboxylic acids is 1. The van der Waals surface area contributed by atoms with Crippen molar-refractivity contribution in [1.82, 2.24) is 14.9 Å². The maximum Gasteiger partial charge on any atom is 0.251 e. The van der Waals surface area contributed by atoms with Crippen LogP contribution in [0.15, 0.2) is 29.2 Å². The van der Waals surface area contributed by atoms with Crippen LogP contribution in [0.4, 0.5) is 0 Å². The predicted octanol–water partition coefficient (Wildman–Crippen LogP) is 2.08. The number of nitrogens with zero attached hydrogens (tertiary/aromatic N) is 1. The highest BCUT2D eigenvalue weighted by Gasteiger charge is 2.31. The number of carbonyl (C=O) groups is 1. The van der Waals surface area contributed by atoms with Gasteiger partial charge in [-0.15, -0.1) is 0 Å². The minimum Gasteiger partial charge on any atom is -0.351 e. The average molecular weight is 382 g/mol. The Bertz CT molecular complexity index is 696. The highest BCUT2D eigenvalue weighted by atomic mass is 32.2. The molecule has 2 rings (SSSR count). The van der Waals surface area contributed by atoms with Crippen LogP contribution in [0.5, 0.6) is 0 Å². The SMILES string of the molecule is CCCNCCNC(=O)c1cccc(S(=O)(=O)N2CC(C)CC(C)C2)c1. The maximum absolute atomic E-state index is 13.0. The number of rotatable bonds is 8. The number of hydrogen-bond acceptors (Lipinski definition) is 4. The van der Waals surface area contributed by atoms with E-state index >= 15 is 0 Å². The molecule has 0 bridgehead atoms. The molecular formula is C19H31N3O3S. The molecule has 0 radical (unpaired) electrons. The fraction of sp³-hybridized carbons (Fsp3) is 0.632. The molecular weight excluding hydrogens is 350 g/mol. The molecule has 0 aliphatic carbocycles. The smallest absolute Gasteiger partial charge is 0.251 e. The van der Waals surface area contributed by atoms with E-state index in [1.54, 1.807) is 22.5 Å². The Morgan fingerprint density at radius 2 is 1.85 bits per heavy atom. The number of sulfonamides is 1. The summed E-state index contributed by atoms with van der Waals surface area (Å²) < 4.78 is 27.5. The lowest BCUT2D eigenvalue weighted by Gasteiger charge is -2.34. The fourth-order valence-electron chi connectivity index (χ4n) is 3.42. The summed E-state index contributed by atoms with van der Waals surface area (Å²) in [5.41, 5.74) is 0.375. The molecule has 1 aliphatic heterocycles. The molecule has 6 nitrogen and oxygen atoms in total. The maximum atomic E-state index is 13.0. The average Bonchev–Trinajstić information content (AvgIpc) is 2.60. The second-order valence-electron chi connectivity index (χ2n) is 7.30. The van der Waals surface area contributed by atoms with E-state index in [0.717, 1.165) is 19.4 Å². The molecule has 1 amide bonds. The molecule has 1 aromatic rings. The van der Waals surface area contributed by atoms with Gasteiger partial charge in [0.1, 0.15) is 0 Å². The van der Waals surface area contributed by atoms with Gasteiger partial charge in [0.2, 0.25) is 10.0 Å². The van der Waals surface area contributed by atoms with Crippen molar-refractivity contribution in [1.29, 1.82) is 0 Å². The third-order valence-corrected chi connectivity index (χ3v) is 6.41. The number of amides is 1. The largest absolute Gasteiger partial charge is 0.351 e. The van der Waals surface area contributed by atoms with Crippen LogP contribution in [-0.4, -0.2) is 51.4 Å². The van der Waals surface area contributed by atoms with Crippen molar-refractivity contribution in [3.05, 3.63) is 29.8 Å². The van der Waals surface area contributed by atoms with E-state index in [9.17, 15) is 13.2 Å². The van der Waals surface area contributed by atoms with E-state index < -0.39 is 10.0 Å². The van der Waals surface area contributed by atoms with Gasteiger partial charge in [0.15, 0.2) is 0 Å². The molecule has 0 aromatic heterocycles. The summed E-state index contributed by atoms with van der Waals surface area (Å²) in [6, 6.07) is 6.33. The molecule has 0 saturated carbocycles. The molecule has 1 saturated heterocycles. The lowest BCUT2D eigenvalue weighted by atomic mass is 9.94. The molecule has 2 unspecified atom stereocenters. The predicted molar refractivity (Wildman–Crippen MR) is 104 cm³/mol. The van der Waals surface area contributed by atoms with Crippen LogP contribution in [-0.2, 0) is 10.0 Å². The van der Waals surface area contributed by atoms with Gasteiger partial charge in [-0.1, -0.05) is 26.8 Å². The van der Waals surface area contributed by atoms with E-state index in [2.05, 4.69) is 31.4 Å². The first-order chi connectivity index (χ1) is 12.3. The van der Waals surface area contributed by atoms with E-state index in [1.807, 2.05) is 0 Å². The monoisotopic (exact) mass is 381 g/mol. The van der Waals surface area contributed by atoms with Crippen LogP contribution < -0.4 is 10.6 Å². The zero-order valence-corrected chi connectivity index (χ0v) is 16.8. The van der Waals surface area contributed by atoms with Crippen molar-refractivity contribution in [3.8, 4) is 0 Å². The standard InChI is InChI=1S/C19H31N3O3S/c1-4-8-20-9-10-21-19(23)17-6-5-7-18(12-17)26(24,25)22-13-15(2)11-16(3)14-22/h5-7,12,15-16,20H,4,8-11,13-14H2,1-3H3,(H,21,23). The van der Waals surface area contributed by atoms with Gasteiger partial charge in [0, 0.05) is 31.7 Å². The van der Waals surface area contributed by atoms with E-state index in [0.29, 0.717) is 43.6 Å². The van der Waals surface area contributed by atoms with Gasteiger partial charge >= 0.3 is 0 Å². The Morgan fingerprint density at radius 3 is 2.50 bits per heavy atom. The zero-order chi connectivity index (χ0) is 19.2. The summed E-state index contributed by atoms with van der Waals surface area (Å²) in [6.45, 7) is 9.43. The number of hydrogen-bond donors (Lipinski definition) is 2. The van der Waals surface area contributed by atoms with Gasteiger partial charge in [0.25, 0.3) is 5.91 Å². The van der Waals surface area contributed by atoms with Crippen LogP contribution in [0.3, 0.4) is 0 Å². The third-order valence-electron chi connectivity index (χ3n) is 4.58. The van der Waals surface area contributed by atoms with Crippen molar-refractivity contribution in [2.24, 2.45) is 11.8 Å². The summed E-state index contributed by atoms with van der Waals surface area (Å²) in [5.74, 6) is 0.437. The Morgan fingerprint density at radius 1 is 1.15 bits per heavy atom. The highest BCUT2D eigenvalue weighted by Crippen LogP contribution is 2.26. The van der Waals surface area contributed by atoms with Gasteiger partial charge in [-0.25, -0.2) is 8.42 Å². The van der Waals surface area contributed by atoms with Crippen LogP contribution in [0, 0.1) is 11.8 Å². The molecule has 1 heterocycles. The molecule has 7 heteroatoms. The van der Waals surface area contributed by atoms with Crippen molar-refractivity contribution < 1.29 is 13.2 Å². The van der Waals surface area contributed by atoms with Crippen molar-refractivity contribution >= 4 is 15.9 Å². The Hall–Kier alpha value is -1.44. The molecule has 1 aromatic carbocycles. The van der Waals surface area contributed by atoms with E-state index in [-0.39, 0.29) is 10.8 Å². The molecule has 26 heavy (non-hydrogen) atoms. The van der Waals surface area contributed by atoms with Crippen LogP contribution in [0.1, 0.15) is 44.0 Å². The Balaban J connectivity index is 2.06. The Kier molecular flexibility index (Phi) is 7.61. The van der Waals surface area contributed by atoms with Crippen LogP contribution in [0.2, 0.25) is 0 Å². The second kappa shape index (κ2) is 9.48. The normalized spacial score (nSPS) is 21.5. The number of nitrogens with one attached hydrogen (secondary N) is 2. The van der Waals surface area contributed by atoms with Gasteiger partial charge < -0.3 is 10.6 Å². The first-order valence-electron chi connectivity index (χ1n) is 9.43. The summed E-state index contributed by atoms with van der Waals surface area (Å²) in [7, 11) is -3.58. The zero-order valence-electron chi connectivity index (χ0n) is 16.0. The number of piperidine rings is 1. The quantitative estimate of drug-likeness (QED) is 0.676. The molecule has 2 atom stereocenters. The summed E-state index contributed by atoms with van der Waals surface area (Å²) >= 11 is 0. The molecule has 146 valence electrons. The van der Waals surface area contributed by atoms with Crippen molar-refractivity contribution in [2.75, 3.05) is 32.7 Å². The fourth-order valence-corrected chi connectivity index (χ4v) is 5.14. The highest BCUT2D eigenvalue weighted by molar-refractivity contribution is 7.89. The van der Waals surface area contributed by atoms with Gasteiger partial charge in [-0.05, 0) is 49.4 Å². The lowest BCUT2D eigenvalue weighted by Crippen LogP contribution is -2.42. The third kappa shape index (κ3) is 5.53. The van der Waals surface area contributed by atoms with Gasteiger partial charge in [-0.2, -0.15) is 4.31 Å². The van der Waals surface area contributed by atoms with Gasteiger partial charge in [0.05, 0.1) is 4.90 Å². The van der Waals surface area contributed by atoms with Crippen LogP contribution >= 0.6 is 0 Å². The molecule has 1 fully saturated rings. The topological polar surface area (TPSA) is 78.5 Å². The van der Waals surface area contributed by atoms with Gasteiger partial charge in [-0.3, -0.25) is 4.79 Å². The minimum absolute atomic E-state index is 0.190. The van der Waals surface area contributed by atoms with Crippen molar-refractivity contribution in [2.45, 2.75) is 38.5 Å². The van der Waals surface area contributed by atoms with Crippen molar-refractivity contribution in [3.63, 3.8) is 0 Å². The molecule has 2 N–H and O–H groups in total. The first-order valence-corrected chi connectivity index (χ1v) is 10.9. The minimum atomic E-state index is -3.58. The Labute approximate surface area is 157 Å². The first kappa shape index (κ1) is 20.9. The second-order valence-corrected chi connectivity index (χ2v) is 9.24. The molecule has 0 spiro atoms.